The molecule has 2 nitrogen and oxygen atoms in total. The molecule has 0 aliphatic carbocycles. The number of nitrogens with one attached hydrogen (secondary N) is 1. The molecule has 0 aliphatic heterocycles. The molecule has 1 heterocycles. The summed E-state index contributed by atoms with van der Waals surface area (Å²) in [4.78, 5) is 5.55. The van der Waals surface area contributed by atoms with Gasteiger partial charge in [0.05, 0.1) is 5.51 Å². The molecular formula is C12H22N2S. The van der Waals surface area contributed by atoms with Gasteiger partial charge in [-0.05, 0) is 25.3 Å². The molecule has 0 saturated heterocycles. The molecule has 1 N–H and O–H groups in total. The van der Waals surface area contributed by atoms with Crippen molar-refractivity contribution in [3.05, 3.63) is 16.6 Å². The maximum absolute atomic E-state index is 4.17. The van der Waals surface area contributed by atoms with Crippen LogP contribution < -0.4 is 5.32 Å². The fourth-order valence-corrected chi connectivity index (χ4v) is 2.71. The van der Waals surface area contributed by atoms with Crippen LogP contribution in [0.15, 0.2) is 11.7 Å². The monoisotopic (exact) mass is 226 g/mol. The third-order valence-electron chi connectivity index (χ3n) is 2.69. The van der Waals surface area contributed by atoms with Gasteiger partial charge in [0.25, 0.3) is 0 Å². The van der Waals surface area contributed by atoms with Crippen LogP contribution in [0.2, 0.25) is 0 Å². The minimum Gasteiger partial charge on any atom is -0.309 e. The van der Waals surface area contributed by atoms with Crippen LogP contribution in [0.5, 0.6) is 0 Å². The van der Waals surface area contributed by atoms with Gasteiger partial charge in [0.15, 0.2) is 0 Å². The van der Waals surface area contributed by atoms with Crippen LogP contribution in [-0.4, -0.2) is 11.5 Å². The van der Waals surface area contributed by atoms with E-state index < -0.39 is 0 Å². The van der Waals surface area contributed by atoms with E-state index in [4.69, 9.17) is 0 Å². The molecule has 3 heteroatoms. The van der Waals surface area contributed by atoms with Crippen LogP contribution >= 0.6 is 11.3 Å². The summed E-state index contributed by atoms with van der Waals surface area (Å²) in [7, 11) is 0. The first-order chi connectivity index (χ1) is 7.29. The van der Waals surface area contributed by atoms with Gasteiger partial charge >= 0.3 is 0 Å². The van der Waals surface area contributed by atoms with E-state index in [1.54, 1.807) is 11.3 Å². The fourth-order valence-electron chi connectivity index (χ4n) is 1.88. The Hall–Kier alpha value is -0.410. The second-order valence-corrected chi connectivity index (χ2v) is 5.02. The molecule has 0 aliphatic rings. The lowest BCUT2D eigenvalue weighted by Crippen LogP contribution is -2.27. The summed E-state index contributed by atoms with van der Waals surface area (Å²) < 4.78 is 0. The zero-order valence-electron chi connectivity index (χ0n) is 9.99. The molecule has 0 saturated carbocycles. The zero-order chi connectivity index (χ0) is 11.1. The molecule has 0 radical (unpaired) electrons. The Morgan fingerprint density at radius 1 is 1.40 bits per heavy atom. The minimum absolute atomic E-state index is 0.498. The molecule has 1 aromatic heterocycles. The van der Waals surface area contributed by atoms with Gasteiger partial charge in [0.2, 0.25) is 0 Å². The molecule has 15 heavy (non-hydrogen) atoms. The van der Waals surface area contributed by atoms with E-state index in [-0.39, 0.29) is 0 Å². The summed E-state index contributed by atoms with van der Waals surface area (Å²) in [5, 5.41) is 3.63. The molecule has 2 atom stereocenters. The van der Waals surface area contributed by atoms with E-state index in [2.05, 4.69) is 31.1 Å². The van der Waals surface area contributed by atoms with Crippen molar-refractivity contribution in [3.63, 3.8) is 0 Å². The molecule has 0 amide bonds. The van der Waals surface area contributed by atoms with Gasteiger partial charge in [-0.3, -0.25) is 4.98 Å². The Balaban J connectivity index is 2.60. The number of thiazole rings is 1. The van der Waals surface area contributed by atoms with E-state index in [9.17, 15) is 0 Å². The third kappa shape index (κ3) is 3.92. The second-order valence-electron chi connectivity index (χ2n) is 4.10. The maximum Gasteiger partial charge on any atom is 0.0794 e. The van der Waals surface area contributed by atoms with Gasteiger partial charge in [-0.25, -0.2) is 0 Å². The van der Waals surface area contributed by atoms with Crippen molar-refractivity contribution in [1.82, 2.24) is 10.3 Å². The molecule has 0 spiro atoms. The van der Waals surface area contributed by atoms with E-state index in [1.165, 1.54) is 24.1 Å². The second kappa shape index (κ2) is 6.96. The summed E-state index contributed by atoms with van der Waals surface area (Å²) in [5.41, 5.74) is 1.93. The number of nitrogens with zero attached hydrogens (tertiary/aromatic N) is 1. The minimum atomic E-state index is 0.498. The van der Waals surface area contributed by atoms with E-state index in [0.717, 1.165) is 6.54 Å². The normalized spacial score (nSPS) is 15.1. The van der Waals surface area contributed by atoms with Crippen LogP contribution in [0.3, 0.4) is 0 Å². The smallest absolute Gasteiger partial charge is 0.0794 e. The lowest BCUT2D eigenvalue weighted by Gasteiger charge is -2.23. The molecule has 1 rings (SSSR count). The van der Waals surface area contributed by atoms with Gasteiger partial charge in [-0.2, -0.15) is 0 Å². The Bertz CT molecular complexity index is 246. The molecule has 86 valence electrons. The van der Waals surface area contributed by atoms with Crippen LogP contribution in [0, 0.1) is 5.92 Å². The summed E-state index contributed by atoms with van der Waals surface area (Å²) in [5.74, 6) is 0.696. The van der Waals surface area contributed by atoms with Crippen molar-refractivity contribution in [2.75, 3.05) is 6.54 Å². The van der Waals surface area contributed by atoms with Gasteiger partial charge in [0, 0.05) is 17.1 Å². The van der Waals surface area contributed by atoms with Crippen molar-refractivity contribution in [1.29, 1.82) is 0 Å². The standard InChI is InChI=1S/C12H22N2S/c1-4-6-10(3)12(14-7-5-2)11-8-13-9-15-11/h8-10,12,14H,4-7H2,1-3H3. The van der Waals surface area contributed by atoms with Crippen LogP contribution in [0.25, 0.3) is 0 Å². The quantitative estimate of drug-likeness (QED) is 0.768. The zero-order valence-corrected chi connectivity index (χ0v) is 10.8. The first-order valence-electron chi connectivity index (χ1n) is 5.91. The van der Waals surface area contributed by atoms with Gasteiger partial charge in [0.1, 0.15) is 0 Å². The van der Waals surface area contributed by atoms with E-state index in [1.807, 2.05) is 11.7 Å². The largest absolute Gasteiger partial charge is 0.309 e. The maximum atomic E-state index is 4.17. The van der Waals surface area contributed by atoms with Crippen LogP contribution in [-0.2, 0) is 0 Å². The SMILES string of the molecule is CCCNC(c1cncs1)C(C)CCC. The Kier molecular flexibility index (Phi) is 5.88. The lowest BCUT2D eigenvalue weighted by atomic mass is 9.96. The highest BCUT2D eigenvalue weighted by atomic mass is 32.1. The van der Waals surface area contributed by atoms with Crippen LogP contribution in [0.4, 0.5) is 0 Å². The summed E-state index contributed by atoms with van der Waals surface area (Å²) in [6.07, 6.45) is 5.72. The highest BCUT2D eigenvalue weighted by Crippen LogP contribution is 2.27. The predicted molar refractivity (Wildman–Crippen MR) is 67.2 cm³/mol. The number of hydrogen-bond donors (Lipinski definition) is 1. The highest BCUT2D eigenvalue weighted by Gasteiger charge is 2.18. The predicted octanol–water partition coefficient (Wildman–Crippen LogP) is 3.62. The van der Waals surface area contributed by atoms with Crippen molar-refractivity contribution < 1.29 is 0 Å². The number of hydrogen-bond acceptors (Lipinski definition) is 3. The first kappa shape index (κ1) is 12.7. The van der Waals surface area contributed by atoms with Crippen molar-refractivity contribution in [3.8, 4) is 0 Å². The lowest BCUT2D eigenvalue weighted by molar-refractivity contribution is 0.367. The summed E-state index contributed by atoms with van der Waals surface area (Å²) >= 11 is 1.76. The fraction of sp³-hybridized carbons (Fsp3) is 0.750. The van der Waals surface area contributed by atoms with E-state index >= 15 is 0 Å². The summed E-state index contributed by atoms with van der Waals surface area (Å²) in [6, 6.07) is 0.498. The molecule has 0 fully saturated rings. The van der Waals surface area contributed by atoms with Crippen LogP contribution in [0.1, 0.15) is 51.0 Å². The Labute approximate surface area is 97.1 Å². The van der Waals surface area contributed by atoms with Gasteiger partial charge in [-0.1, -0.05) is 27.2 Å². The van der Waals surface area contributed by atoms with Gasteiger partial charge in [-0.15, -0.1) is 11.3 Å². The Morgan fingerprint density at radius 3 is 2.73 bits per heavy atom. The van der Waals surface area contributed by atoms with Crippen molar-refractivity contribution in [2.45, 2.75) is 46.1 Å². The highest BCUT2D eigenvalue weighted by molar-refractivity contribution is 7.09. The Morgan fingerprint density at radius 2 is 2.20 bits per heavy atom. The molecule has 2 unspecified atom stereocenters. The van der Waals surface area contributed by atoms with Gasteiger partial charge < -0.3 is 5.32 Å². The third-order valence-corrected chi connectivity index (χ3v) is 3.54. The molecule has 1 aromatic rings. The number of rotatable bonds is 7. The molecule has 0 aromatic carbocycles. The summed E-state index contributed by atoms with van der Waals surface area (Å²) in [6.45, 7) is 7.88. The average molecular weight is 226 g/mol. The molecular weight excluding hydrogens is 204 g/mol. The van der Waals surface area contributed by atoms with Crippen molar-refractivity contribution >= 4 is 11.3 Å². The average Bonchev–Trinajstić information content (AvgIpc) is 2.72. The van der Waals surface area contributed by atoms with E-state index in [0.29, 0.717) is 12.0 Å². The van der Waals surface area contributed by atoms with Crippen molar-refractivity contribution in [2.24, 2.45) is 5.92 Å². The number of aromatic nitrogens is 1. The molecule has 0 bridgehead atoms. The topological polar surface area (TPSA) is 24.9 Å². The first-order valence-corrected chi connectivity index (χ1v) is 6.79.